The van der Waals surface area contributed by atoms with Crippen molar-refractivity contribution in [2.24, 2.45) is 5.92 Å². The van der Waals surface area contributed by atoms with Gasteiger partial charge in [0.2, 0.25) is 11.8 Å². The van der Waals surface area contributed by atoms with Gasteiger partial charge in [-0.05, 0) is 18.8 Å². The van der Waals surface area contributed by atoms with E-state index >= 15 is 0 Å². The summed E-state index contributed by atoms with van der Waals surface area (Å²) in [6.45, 7) is 4.46. The van der Waals surface area contributed by atoms with Crippen LogP contribution in [0.2, 0.25) is 0 Å². The van der Waals surface area contributed by atoms with Gasteiger partial charge < -0.3 is 20.0 Å². The third-order valence-electron chi connectivity index (χ3n) is 3.95. The van der Waals surface area contributed by atoms with Crippen molar-refractivity contribution in [1.29, 1.82) is 0 Å². The molecule has 0 radical (unpaired) electrons. The molecule has 1 aliphatic rings. The number of rotatable bonds is 7. The molecule has 0 unspecified atom stereocenters. The van der Waals surface area contributed by atoms with Crippen LogP contribution in [0.15, 0.2) is 12.5 Å². The van der Waals surface area contributed by atoms with E-state index in [-0.39, 0.29) is 23.8 Å². The Bertz CT molecular complexity index is 542. The highest BCUT2D eigenvalue weighted by atomic mass is 16.2. The van der Waals surface area contributed by atoms with E-state index in [0.29, 0.717) is 25.8 Å². The summed E-state index contributed by atoms with van der Waals surface area (Å²) in [5.74, 6) is -0.140. The highest BCUT2D eigenvalue weighted by molar-refractivity contribution is 5.89. The van der Waals surface area contributed by atoms with Crippen molar-refractivity contribution in [3.8, 4) is 0 Å². The monoisotopic (exact) mass is 320 g/mol. The summed E-state index contributed by atoms with van der Waals surface area (Å²) in [5, 5.41) is 2.81. The van der Waals surface area contributed by atoms with Crippen molar-refractivity contribution in [2.75, 3.05) is 6.54 Å². The summed E-state index contributed by atoms with van der Waals surface area (Å²) in [5.41, 5.74) is 0.773. The predicted molar refractivity (Wildman–Crippen MR) is 84.5 cm³/mol. The van der Waals surface area contributed by atoms with Gasteiger partial charge in [0.25, 0.3) is 0 Å². The normalized spacial score (nSPS) is 18.9. The van der Waals surface area contributed by atoms with Crippen molar-refractivity contribution < 1.29 is 14.4 Å². The van der Waals surface area contributed by atoms with Crippen LogP contribution in [0, 0.1) is 5.92 Å². The van der Waals surface area contributed by atoms with Crippen LogP contribution in [-0.4, -0.2) is 51.6 Å². The second-order valence-electron chi connectivity index (χ2n) is 6.38. The molecular weight excluding hydrogens is 296 g/mol. The highest BCUT2D eigenvalue weighted by Gasteiger charge is 2.33. The summed E-state index contributed by atoms with van der Waals surface area (Å²) in [4.78, 5) is 44.5. The molecule has 2 N–H and O–H groups in total. The number of aromatic amines is 1. The van der Waals surface area contributed by atoms with Gasteiger partial charge in [-0.2, -0.15) is 0 Å². The lowest BCUT2D eigenvalue weighted by atomic mass is 10.1. The lowest BCUT2D eigenvalue weighted by Gasteiger charge is -2.27. The number of nitrogens with one attached hydrogen (secondary N) is 2. The van der Waals surface area contributed by atoms with E-state index in [2.05, 4.69) is 15.3 Å². The zero-order valence-electron chi connectivity index (χ0n) is 13.6. The lowest BCUT2D eigenvalue weighted by molar-refractivity contribution is -0.138. The summed E-state index contributed by atoms with van der Waals surface area (Å²) in [6.07, 6.45) is 6.19. The maximum absolute atomic E-state index is 12.8. The Kier molecular flexibility index (Phi) is 5.90. The Hall–Kier alpha value is -2.18. The van der Waals surface area contributed by atoms with Crippen molar-refractivity contribution in [1.82, 2.24) is 20.2 Å². The topological polar surface area (TPSA) is 95.2 Å². The Morgan fingerprint density at radius 1 is 1.52 bits per heavy atom. The Labute approximate surface area is 135 Å². The van der Waals surface area contributed by atoms with E-state index in [1.807, 2.05) is 13.8 Å². The molecule has 2 amide bonds. The smallest absolute Gasteiger partial charge is 0.246 e. The number of aldehydes is 1. The first-order valence-electron chi connectivity index (χ1n) is 8.03. The highest BCUT2D eigenvalue weighted by Crippen LogP contribution is 2.17. The molecule has 2 atom stereocenters. The number of amides is 2. The van der Waals surface area contributed by atoms with Crippen LogP contribution in [0.4, 0.5) is 0 Å². The second-order valence-corrected chi connectivity index (χ2v) is 6.38. The Morgan fingerprint density at radius 3 is 2.91 bits per heavy atom. The molecule has 23 heavy (non-hydrogen) atoms. The first-order chi connectivity index (χ1) is 11.0. The minimum absolute atomic E-state index is 0.153. The first-order valence-corrected chi connectivity index (χ1v) is 8.03. The number of carbonyl (C=O) groups excluding carboxylic acids is 3. The molecule has 126 valence electrons. The molecule has 0 spiro atoms. The van der Waals surface area contributed by atoms with Gasteiger partial charge in [-0.1, -0.05) is 13.8 Å². The molecule has 1 aromatic heterocycles. The van der Waals surface area contributed by atoms with E-state index in [0.717, 1.165) is 18.4 Å². The average Bonchev–Trinajstić information content (AvgIpc) is 3.15. The lowest BCUT2D eigenvalue weighted by Crippen LogP contribution is -2.51. The zero-order valence-corrected chi connectivity index (χ0v) is 13.6. The van der Waals surface area contributed by atoms with E-state index in [1.165, 1.54) is 6.33 Å². The fraction of sp³-hybridized carbons (Fsp3) is 0.625. The third-order valence-corrected chi connectivity index (χ3v) is 3.95. The maximum Gasteiger partial charge on any atom is 0.246 e. The molecule has 0 aliphatic carbocycles. The number of H-pyrrole nitrogens is 1. The van der Waals surface area contributed by atoms with Gasteiger partial charge in [0.15, 0.2) is 0 Å². The second kappa shape index (κ2) is 7.89. The van der Waals surface area contributed by atoms with Crippen LogP contribution < -0.4 is 5.32 Å². The number of hydrogen-bond donors (Lipinski definition) is 2. The molecule has 2 heterocycles. The molecule has 1 fully saturated rings. The molecule has 1 aliphatic heterocycles. The molecule has 1 aromatic rings. The molecule has 0 bridgehead atoms. The van der Waals surface area contributed by atoms with Crippen LogP contribution in [0.3, 0.4) is 0 Å². The van der Waals surface area contributed by atoms with Gasteiger partial charge >= 0.3 is 0 Å². The maximum atomic E-state index is 12.8. The molecule has 7 heteroatoms. The summed E-state index contributed by atoms with van der Waals surface area (Å²) < 4.78 is 0. The summed E-state index contributed by atoms with van der Waals surface area (Å²) in [7, 11) is 0. The SMILES string of the molecule is CC(C)CC(=O)N[C@@H](Cc1cnc[nH]1)C(=O)N1CCC[C@H]1C=O. The number of hydrogen-bond acceptors (Lipinski definition) is 4. The van der Waals surface area contributed by atoms with Crippen molar-refractivity contribution >= 4 is 18.1 Å². The molecule has 0 aromatic carbocycles. The van der Waals surface area contributed by atoms with Crippen LogP contribution in [0.5, 0.6) is 0 Å². The minimum Gasteiger partial charge on any atom is -0.348 e. The molecule has 2 rings (SSSR count). The fourth-order valence-corrected chi connectivity index (χ4v) is 2.85. The molecular formula is C16H24N4O3. The molecule has 7 nitrogen and oxygen atoms in total. The average molecular weight is 320 g/mol. The predicted octanol–water partition coefficient (Wildman–Crippen LogP) is 0.673. The quantitative estimate of drug-likeness (QED) is 0.722. The van der Waals surface area contributed by atoms with Crippen LogP contribution in [0.1, 0.15) is 38.8 Å². The van der Waals surface area contributed by atoms with E-state index in [9.17, 15) is 14.4 Å². The number of nitrogens with zero attached hydrogens (tertiary/aromatic N) is 2. The van der Waals surface area contributed by atoms with E-state index in [4.69, 9.17) is 0 Å². The Morgan fingerprint density at radius 2 is 2.30 bits per heavy atom. The third kappa shape index (κ3) is 4.64. The largest absolute Gasteiger partial charge is 0.348 e. The Balaban J connectivity index is 2.09. The number of carbonyl (C=O) groups is 3. The number of imidazole rings is 1. The van der Waals surface area contributed by atoms with Gasteiger partial charge in [0.1, 0.15) is 12.3 Å². The first kappa shape index (κ1) is 17.2. The van der Waals surface area contributed by atoms with Crippen LogP contribution in [-0.2, 0) is 20.8 Å². The van der Waals surface area contributed by atoms with E-state index < -0.39 is 6.04 Å². The van der Waals surface area contributed by atoms with Gasteiger partial charge in [0.05, 0.1) is 12.4 Å². The minimum atomic E-state index is -0.678. The van der Waals surface area contributed by atoms with E-state index in [1.54, 1.807) is 11.1 Å². The summed E-state index contributed by atoms with van der Waals surface area (Å²) >= 11 is 0. The molecule has 0 saturated carbocycles. The molecule has 1 saturated heterocycles. The summed E-state index contributed by atoms with van der Waals surface area (Å²) in [6, 6.07) is -1.06. The van der Waals surface area contributed by atoms with Gasteiger partial charge in [-0.25, -0.2) is 4.98 Å². The standard InChI is InChI=1S/C16H24N4O3/c1-11(2)6-15(22)19-14(7-12-8-17-10-18-12)16(23)20-5-3-4-13(20)9-21/h8-11,13-14H,3-7H2,1-2H3,(H,17,18)(H,19,22)/t13-,14-/m0/s1. The van der Waals surface area contributed by atoms with Crippen LogP contribution >= 0.6 is 0 Å². The van der Waals surface area contributed by atoms with Gasteiger partial charge in [0, 0.05) is 31.3 Å². The van der Waals surface area contributed by atoms with Crippen molar-refractivity contribution in [3.05, 3.63) is 18.2 Å². The van der Waals surface area contributed by atoms with Crippen molar-refractivity contribution in [2.45, 2.75) is 51.6 Å². The zero-order chi connectivity index (χ0) is 16.8. The van der Waals surface area contributed by atoms with Gasteiger partial charge in [-0.3, -0.25) is 9.59 Å². The van der Waals surface area contributed by atoms with Gasteiger partial charge in [-0.15, -0.1) is 0 Å². The number of aromatic nitrogens is 2. The number of likely N-dealkylation sites (tertiary alicyclic amines) is 1. The van der Waals surface area contributed by atoms with Crippen molar-refractivity contribution in [3.63, 3.8) is 0 Å². The van der Waals surface area contributed by atoms with Crippen LogP contribution in [0.25, 0.3) is 0 Å². The fourth-order valence-electron chi connectivity index (χ4n) is 2.85.